The van der Waals surface area contributed by atoms with Crippen LogP contribution >= 0.6 is 23.2 Å². The summed E-state index contributed by atoms with van der Waals surface area (Å²) in [6, 6.07) is 8.79. The predicted octanol–water partition coefficient (Wildman–Crippen LogP) is 4.97. The van der Waals surface area contributed by atoms with E-state index in [2.05, 4.69) is 10.3 Å². The van der Waals surface area contributed by atoms with Crippen molar-refractivity contribution in [2.24, 2.45) is 0 Å². The van der Waals surface area contributed by atoms with Crippen molar-refractivity contribution in [3.05, 3.63) is 45.9 Å². The number of anilines is 1. The molecule has 3 rings (SSSR count). The fourth-order valence-corrected chi connectivity index (χ4v) is 3.30. The van der Waals surface area contributed by atoms with Crippen molar-refractivity contribution < 1.29 is 14.3 Å². The number of hydrogen-bond acceptors (Lipinski definition) is 4. The van der Waals surface area contributed by atoms with Crippen LogP contribution in [0.4, 0.5) is 5.69 Å². The second-order valence-corrected chi connectivity index (χ2v) is 6.53. The van der Waals surface area contributed by atoms with Gasteiger partial charge in [0.15, 0.2) is 0 Å². The van der Waals surface area contributed by atoms with E-state index in [0.717, 1.165) is 25.7 Å². The molecule has 132 valence electrons. The van der Waals surface area contributed by atoms with Gasteiger partial charge in [-0.15, -0.1) is 0 Å². The molecule has 1 aromatic carbocycles. The lowest BCUT2D eigenvalue weighted by molar-refractivity contribution is 0.102. The molecular formula is C18H18Cl2N2O3. The first-order valence-corrected chi connectivity index (χ1v) is 8.81. The van der Waals surface area contributed by atoms with Crippen molar-refractivity contribution in [2.75, 3.05) is 12.4 Å². The fourth-order valence-electron chi connectivity index (χ4n) is 2.76. The number of amides is 1. The zero-order valence-electron chi connectivity index (χ0n) is 13.7. The van der Waals surface area contributed by atoms with Crippen molar-refractivity contribution in [1.29, 1.82) is 0 Å². The van der Waals surface area contributed by atoms with Gasteiger partial charge in [0.2, 0.25) is 11.8 Å². The van der Waals surface area contributed by atoms with Gasteiger partial charge in [0, 0.05) is 5.56 Å². The molecule has 1 N–H and O–H groups in total. The molecule has 25 heavy (non-hydrogen) atoms. The number of methoxy groups -OCH3 is 1. The zero-order valence-corrected chi connectivity index (χ0v) is 15.2. The van der Waals surface area contributed by atoms with E-state index in [-0.39, 0.29) is 39.5 Å². The van der Waals surface area contributed by atoms with Crippen LogP contribution in [-0.4, -0.2) is 24.1 Å². The van der Waals surface area contributed by atoms with Crippen molar-refractivity contribution in [1.82, 2.24) is 4.98 Å². The number of benzene rings is 1. The lowest BCUT2D eigenvalue weighted by Gasteiger charge is -2.18. The van der Waals surface area contributed by atoms with Crippen LogP contribution in [0.1, 0.15) is 36.0 Å². The number of carbonyl (C=O) groups excluding carboxylic acids is 1. The molecule has 7 heteroatoms. The van der Waals surface area contributed by atoms with Crippen LogP contribution in [0.15, 0.2) is 30.3 Å². The monoisotopic (exact) mass is 380 g/mol. The second kappa shape index (κ2) is 7.93. The van der Waals surface area contributed by atoms with Crippen molar-refractivity contribution in [3.63, 3.8) is 0 Å². The minimum Gasteiger partial charge on any atom is -0.480 e. The first-order valence-electron chi connectivity index (χ1n) is 8.06. The summed E-state index contributed by atoms with van der Waals surface area (Å²) in [5.74, 6) is 0.0464. The van der Waals surface area contributed by atoms with E-state index in [4.69, 9.17) is 32.7 Å². The molecular weight excluding hydrogens is 363 g/mol. The predicted molar refractivity (Wildman–Crippen MR) is 98.1 cm³/mol. The molecule has 0 spiro atoms. The molecule has 1 fully saturated rings. The van der Waals surface area contributed by atoms with Gasteiger partial charge >= 0.3 is 0 Å². The van der Waals surface area contributed by atoms with Gasteiger partial charge < -0.3 is 14.8 Å². The van der Waals surface area contributed by atoms with Crippen molar-refractivity contribution >= 4 is 34.8 Å². The Kier molecular flexibility index (Phi) is 5.66. The Morgan fingerprint density at radius 1 is 1.12 bits per heavy atom. The maximum atomic E-state index is 12.4. The highest BCUT2D eigenvalue weighted by molar-refractivity contribution is 6.41. The van der Waals surface area contributed by atoms with Gasteiger partial charge in [0.25, 0.3) is 5.91 Å². The van der Waals surface area contributed by atoms with E-state index in [1.165, 1.54) is 7.11 Å². The molecule has 0 atom stereocenters. The standard InChI is InChI=1S/C18H18Cl2N2O3/c1-24-17-13(19)15(21-16(23)11-7-3-2-4-8-11)14(20)18(22-17)25-12-9-5-6-10-12/h2-4,7-8,12H,5-6,9-10H2,1H3,(H,21,22,23). The number of hydrogen-bond donors (Lipinski definition) is 1. The molecule has 1 aromatic heterocycles. The van der Waals surface area contributed by atoms with Crippen LogP contribution in [0.5, 0.6) is 11.8 Å². The molecule has 1 saturated carbocycles. The summed E-state index contributed by atoms with van der Waals surface area (Å²) in [6.07, 6.45) is 4.20. The minimum atomic E-state index is -0.329. The molecule has 0 aliphatic heterocycles. The lowest BCUT2D eigenvalue weighted by atomic mass is 10.2. The van der Waals surface area contributed by atoms with Gasteiger partial charge in [0.05, 0.1) is 12.8 Å². The number of carbonyl (C=O) groups is 1. The lowest BCUT2D eigenvalue weighted by Crippen LogP contribution is -2.16. The number of halogens is 2. The molecule has 0 bridgehead atoms. The Hall–Kier alpha value is -1.98. The smallest absolute Gasteiger partial charge is 0.255 e. The second-order valence-electron chi connectivity index (χ2n) is 5.77. The molecule has 5 nitrogen and oxygen atoms in total. The molecule has 0 radical (unpaired) electrons. The van der Waals surface area contributed by atoms with E-state index >= 15 is 0 Å². The zero-order chi connectivity index (χ0) is 17.8. The average molecular weight is 381 g/mol. The molecule has 0 saturated heterocycles. The third kappa shape index (κ3) is 3.99. The Balaban J connectivity index is 1.92. The Labute approximate surface area is 156 Å². The SMILES string of the molecule is COc1nc(OC2CCCC2)c(Cl)c(NC(=O)c2ccccc2)c1Cl. The van der Waals surface area contributed by atoms with Gasteiger partial charge in [-0.2, -0.15) is 4.98 Å². The van der Waals surface area contributed by atoms with Crippen LogP contribution in [0.2, 0.25) is 10.0 Å². The summed E-state index contributed by atoms with van der Waals surface area (Å²) in [6.45, 7) is 0. The normalized spacial score (nSPS) is 14.4. The quantitative estimate of drug-likeness (QED) is 0.794. The highest BCUT2D eigenvalue weighted by Crippen LogP contribution is 2.42. The number of ether oxygens (including phenoxy) is 2. The first-order chi connectivity index (χ1) is 12.1. The summed E-state index contributed by atoms with van der Waals surface area (Å²) >= 11 is 12.7. The summed E-state index contributed by atoms with van der Waals surface area (Å²) < 4.78 is 11.1. The first kappa shape index (κ1) is 17.8. The van der Waals surface area contributed by atoms with Crippen LogP contribution in [0, 0.1) is 0 Å². The van der Waals surface area contributed by atoms with Gasteiger partial charge in [-0.25, -0.2) is 0 Å². The van der Waals surface area contributed by atoms with Crippen molar-refractivity contribution in [3.8, 4) is 11.8 Å². The maximum absolute atomic E-state index is 12.4. The summed E-state index contributed by atoms with van der Waals surface area (Å²) in [5, 5.41) is 3.04. The number of nitrogens with one attached hydrogen (secondary N) is 1. The van der Waals surface area contributed by atoms with E-state index in [0.29, 0.717) is 5.56 Å². The molecule has 0 unspecified atom stereocenters. The van der Waals surface area contributed by atoms with Gasteiger partial charge in [0.1, 0.15) is 16.1 Å². The molecule has 1 aliphatic rings. The summed E-state index contributed by atoms with van der Waals surface area (Å²) in [7, 11) is 1.45. The van der Waals surface area contributed by atoms with Gasteiger partial charge in [-0.1, -0.05) is 41.4 Å². The highest BCUT2D eigenvalue weighted by Gasteiger charge is 2.24. The van der Waals surface area contributed by atoms with E-state index < -0.39 is 0 Å². The number of aromatic nitrogens is 1. The largest absolute Gasteiger partial charge is 0.480 e. The fraction of sp³-hybridized carbons (Fsp3) is 0.333. The Bertz CT molecular complexity index is 763. The molecule has 1 aliphatic carbocycles. The third-order valence-electron chi connectivity index (χ3n) is 4.07. The van der Waals surface area contributed by atoms with Crippen LogP contribution in [-0.2, 0) is 0 Å². The van der Waals surface area contributed by atoms with Crippen LogP contribution < -0.4 is 14.8 Å². The van der Waals surface area contributed by atoms with Gasteiger partial charge in [-0.3, -0.25) is 4.79 Å². The van der Waals surface area contributed by atoms with Gasteiger partial charge in [-0.05, 0) is 37.8 Å². The van der Waals surface area contributed by atoms with Crippen LogP contribution in [0.25, 0.3) is 0 Å². The van der Waals surface area contributed by atoms with E-state index in [1.54, 1.807) is 24.3 Å². The van der Waals surface area contributed by atoms with E-state index in [1.807, 2.05) is 6.07 Å². The Morgan fingerprint density at radius 3 is 2.40 bits per heavy atom. The highest BCUT2D eigenvalue weighted by atomic mass is 35.5. The Morgan fingerprint density at radius 2 is 1.76 bits per heavy atom. The van der Waals surface area contributed by atoms with E-state index in [9.17, 15) is 4.79 Å². The molecule has 1 heterocycles. The molecule has 1 amide bonds. The summed E-state index contributed by atoms with van der Waals surface area (Å²) in [5.41, 5.74) is 0.723. The number of rotatable bonds is 5. The maximum Gasteiger partial charge on any atom is 0.255 e. The third-order valence-corrected chi connectivity index (χ3v) is 4.77. The minimum absolute atomic E-state index is 0.0635. The summed E-state index contributed by atoms with van der Waals surface area (Å²) in [4.78, 5) is 16.7. The van der Waals surface area contributed by atoms with Crippen LogP contribution in [0.3, 0.4) is 0 Å². The topological polar surface area (TPSA) is 60.5 Å². The average Bonchev–Trinajstić information content (AvgIpc) is 3.14. The number of nitrogens with zero attached hydrogens (tertiary/aromatic N) is 1. The van der Waals surface area contributed by atoms with Crippen molar-refractivity contribution in [2.45, 2.75) is 31.8 Å². The molecule has 2 aromatic rings. The number of pyridine rings is 1.